The lowest BCUT2D eigenvalue weighted by Crippen LogP contribution is -2.50. The van der Waals surface area contributed by atoms with Gasteiger partial charge in [-0.05, 0) is 43.7 Å². The Morgan fingerprint density at radius 3 is 2.62 bits per heavy atom. The fourth-order valence-corrected chi connectivity index (χ4v) is 4.39. The number of nitrogens with one attached hydrogen (secondary N) is 1. The topological polar surface area (TPSA) is 84.9 Å². The molecule has 0 fully saturated rings. The lowest BCUT2D eigenvalue weighted by atomic mass is 10.2. The van der Waals surface area contributed by atoms with E-state index in [4.69, 9.17) is 21.1 Å². The number of anilines is 1. The smallest absolute Gasteiger partial charge is 0.243 e. The molecule has 0 spiro atoms. The van der Waals surface area contributed by atoms with Crippen LogP contribution in [0.5, 0.6) is 11.5 Å². The van der Waals surface area contributed by atoms with E-state index in [-0.39, 0.29) is 19.3 Å². The molecule has 0 saturated carbocycles. The molecule has 0 unspecified atom stereocenters. The first-order chi connectivity index (χ1) is 13.7. The molecule has 0 bridgehead atoms. The normalized spacial score (nSPS) is 16.8. The predicted octanol–water partition coefficient (Wildman–Crippen LogP) is 2.76. The molecule has 1 amide bonds. The van der Waals surface area contributed by atoms with Crippen molar-refractivity contribution in [3.05, 3.63) is 53.1 Å². The molecule has 3 rings (SSSR count). The lowest BCUT2D eigenvalue weighted by molar-refractivity contribution is -0.122. The third-order valence-corrected chi connectivity index (χ3v) is 6.22. The minimum Gasteiger partial charge on any atom is -0.486 e. The summed E-state index contributed by atoms with van der Waals surface area (Å²) in [6.45, 7) is 3.81. The van der Waals surface area contributed by atoms with Crippen molar-refractivity contribution in [3.8, 4) is 11.5 Å². The first kappa shape index (κ1) is 21.3. The fourth-order valence-electron chi connectivity index (χ4n) is 3.05. The van der Waals surface area contributed by atoms with Gasteiger partial charge in [-0.1, -0.05) is 29.8 Å². The molecule has 1 N–H and O–H groups in total. The summed E-state index contributed by atoms with van der Waals surface area (Å²) in [5.41, 5.74) is 1.15. The number of hydrogen-bond acceptors (Lipinski definition) is 5. The van der Waals surface area contributed by atoms with Crippen molar-refractivity contribution in [2.75, 3.05) is 23.7 Å². The molecule has 1 heterocycles. The Balaban J connectivity index is 1.69. The number of fused-ring (bicyclic) bond motifs is 1. The molecule has 1 aliphatic heterocycles. The van der Waals surface area contributed by atoms with Crippen molar-refractivity contribution in [2.45, 2.75) is 26.0 Å². The molecule has 2 aromatic rings. The molecule has 29 heavy (non-hydrogen) atoms. The molecule has 0 aliphatic carbocycles. The summed E-state index contributed by atoms with van der Waals surface area (Å²) >= 11 is 6.14. The maximum Gasteiger partial charge on any atom is 0.243 e. The molecule has 0 saturated heterocycles. The summed E-state index contributed by atoms with van der Waals surface area (Å²) in [5.74, 6) is 0.815. The van der Waals surface area contributed by atoms with Crippen LogP contribution in [0.4, 0.5) is 5.69 Å². The van der Waals surface area contributed by atoms with Crippen molar-refractivity contribution in [3.63, 3.8) is 0 Å². The summed E-state index contributed by atoms with van der Waals surface area (Å²) in [5, 5.41) is 3.17. The second-order valence-electron chi connectivity index (χ2n) is 6.91. The van der Waals surface area contributed by atoms with Gasteiger partial charge in [0.25, 0.3) is 0 Å². The highest BCUT2D eigenvalue weighted by molar-refractivity contribution is 7.92. The minimum atomic E-state index is -3.72. The van der Waals surface area contributed by atoms with Crippen LogP contribution < -0.4 is 19.1 Å². The standard InChI is InChI=1S/C20H23ClN2O5S/c1-13-8-9-15(10-17(13)21)23(29(3,25)26)14(2)20(24)22-11-16-12-27-18-6-4-5-7-19(18)28-16/h4-10,14,16H,11-12H2,1-3H3,(H,22,24)/t14-,16+/m1/s1. The zero-order valence-electron chi connectivity index (χ0n) is 16.4. The number of para-hydroxylation sites is 2. The summed E-state index contributed by atoms with van der Waals surface area (Å²) in [6, 6.07) is 11.2. The number of halogens is 1. The Bertz CT molecular complexity index is 1010. The number of hydrogen-bond donors (Lipinski definition) is 1. The van der Waals surface area contributed by atoms with Gasteiger partial charge in [-0.15, -0.1) is 0 Å². The predicted molar refractivity (Wildman–Crippen MR) is 112 cm³/mol. The van der Waals surface area contributed by atoms with Gasteiger partial charge in [-0.25, -0.2) is 8.42 Å². The van der Waals surface area contributed by atoms with Gasteiger partial charge in [0.2, 0.25) is 15.9 Å². The van der Waals surface area contributed by atoms with Crippen molar-refractivity contribution < 1.29 is 22.7 Å². The van der Waals surface area contributed by atoms with Crippen LogP contribution in [-0.4, -0.2) is 45.9 Å². The van der Waals surface area contributed by atoms with Gasteiger partial charge in [0, 0.05) is 5.02 Å². The maximum absolute atomic E-state index is 12.7. The van der Waals surface area contributed by atoms with Crippen molar-refractivity contribution in [2.24, 2.45) is 0 Å². The quantitative estimate of drug-likeness (QED) is 0.749. The van der Waals surface area contributed by atoms with Crippen molar-refractivity contribution >= 4 is 33.2 Å². The summed E-state index contributed by atoms with van der Waals surface area (Å²) < 4.78 is 37.2. The molecule has 1 aliphatic rings. The highest BCUT2D eigenvalue weighted by Gasteiger charge is 2.30. The molecule has 9 heteroatoms. The zero-order chi connectivity index (χ0) is 21.2. The van der Waals surface area contributed by atoms with Crippen LogP contribution >= 0.6 is 11.6 Å². The molecule has 156 valence electrons. The average Bonchev–Trinajstić information content (AvgIpc) is 2.67. The van der Waals surface area contributed by atoms with Gasteiger partial charge in [0.15, 0.2) is 11.5 Å². The van der Waals surface area contributed by atoms with Gasteiger partial charge in [-0.3, -0.25) is 9.10 Å². The molecule has 2 atom stereocenters. The molecule has 0 radical (unpaired) electrons. The van der Waals surface area contributed by atoms with Gasteiger partial charge in [-0.2, -0.15) is 0 Å². The first-order valence-electron chi connectivity index (χ1n) is 9.08. The van der Waals surface area contributed by atoms with Gasteiger partial charge >= 0.3 is 0 Å². The van der Waals surface area contributed by atoms with Crippen LogP contribution in [-0.2, 0) is 14.8 Å². The van der Waals surface area contributed by atoms with E-state index in [1.54, 1.807) is 18.2 Å². The maximum atomic E-state index is 12.7. The Labute approximate surface area is 175 Å². The average molecular weight is 439 g/mol. The third-order valence-electron chi connectivity index (χ3n) is 4.57. The van der Waals surface area contributed by atoms with E-state index in [0.717, 1.165) is 16.1 Å². The summed E-state index contributed by atoms with van der Waals surface area (Å²) in [6.07, 6.45) is 0.682. The highest BCUT2D eigenvalue weighted by atomic mass is 35.5. The number of rotatable bonds is 6. The van der Waals surface area contributed by atoms with E-state index in [1.165, 1.54) is 13.0 Å². The van der Waals surface area contributed by atoms with Crippen LogP contribution in [0.1, 0.15) is 12.5 Å². The van der Waals surface area contributed by atoms with Crippen LogP contribution in [0.15, 0.2) is 42.5 Å². The Hall–Kier alpha value is -2.45. The van der Waals surface area contributed by atoms with Gasteiger partial charge < -0.3 is 14.8 Å². The Morgan fingerprint density at radius 1 is 1.28 bits per heavy atom. The van der Waals surface area contributed by atoms with E-state index in [2.05, 4.69) is 5.32 Å². The second-order valence-corrected chi connectivity index (χ2v) is 9.18. The van der Waals surface area contributed by atoms with Crippen LogP contribution in [0.25, 0.3) is 0 Å². The van der Waals surface area contributed by atoms with Gasteiger partial charge in [0.05, 0.1) is 18.5 Å². The van der Waals surface area contributed by atoms with E-state index >= 15 is 0 Å². The number of carbonyl (C=O) groups is 1. The molecule has 0 aromatic heterocycles. The zero-order valence-corrected chi connectivity index (χ0v) is 18.0. The second kappa shape index (κ2) is 8.51. The SMILES string of the molecule is Cc1ccc(N([C@H](C)C(=O)NC[C@H]2COc3ccccc3O2)S(C)(=O)=O)cc1Cl. The van der Waals surface area contributed by atoms with Crippen LogP contribution in [0, 0.1) is 6.92 Å². The largest absolute Gasteiger partial charge is 0.486 e. The lowest BCUT2D eigenvalue weighted by Gasteiger charge is -2.30. The van der Waals surface area contributed by atoms with Crippen LogP contribution in [0.3, 0.4) is 0 Å². The highest BCUT2D eigenvalue weighted by Crippen LogP contribution is 2.31. The van der Waals surface area contributed by atoms with E-state index in [0.29, 0.717) is 22.2 Å². The van der Waals surface area contributed by atoms with Crippen molar-refractivity contribution in [1.82, 2.24) is 5.32 Å². The molecule has 7 nitrogen and oxygen atoms in total. The number of amides is 1. The van der Waals surface area contributed by atoms with E-state index < -0.39 is 22.0 Å². The van der Waals surface area contributed by atoms with Gasteiger partial charge in [0.1, 0.15) is 18.8 Å². The number of carbonyl (C=O) groups excluding carboxylic acids is 1. The molecular formula is C20H23ClN2O5S. The monoisotopic (exact) mass is 438 g/mol. The number of nitrogens with zero attached hydrogens (tertiary/aromatic N) is 1. The van der Waals surface area contributed by atoms with E-state index in [1.807, 2.05) is 25.1 Å². The minimum absolute atomic E-state index is 0.184. The fraction of sp³-hybridized carbons (Fsp3) is 0.350. The Morgan fingerprint density at radius 2 is 1.97 bits per heavy atom. The summed E-state index contributed by atoms with van der Waals surface area (Å²) in [7, 11) is -3.72. The molecular weight excluding hydrogens is 416 g/mol. The van der Waals surface area contributed by atoms with Crippen molar-refractivity contribution in [1.29, 1.82) is 0 Å². The number of ether oxygens (including phenoxy) is 2. The van der Waals surface area contributed by atoms with Crippen LogP contribution in [0.2, 0.25) is 5.02 Å². The van der Waals surface area contributed by atoms with E-state index in [9.17, 15) is 13.2 Å². The summed E-state index contributed by atoms with van der Waals surface area (Å²) in [4.78, 5) is 12.7. The number of sulfonamides is 1. The number of benzene rings is 2. The Kier molecular flexibility index (Phi) is 6.24. The third kappa shape index (κ3) is 4.94. The number of aryl methyl sites for hydroxylation is 1. The first-order valence-corrected chi connectivity index (χ1v) is 11.3. The molecule has 2 aromatic carbocycles.